The number of carbonyl (C=O) groups is 2. The number of halogens is 3. The molecule has 0 bridgehead atoms. The lowest BCUT2D eigenvalue weighted by Gasteiger charge is -2.15. The molecule has 1 aromatic carbocycles. The summed E-state index contributed by atoms with van der Waals surface area (Å²) in [5.74, 6) is -1.49. The summed E-state index contributed by atoms with van der Waals surface area (Å²) in [4.78, 5) is 24.0. The Morgan fingerprint density at radius 2 is 1.89 bits per heavy atom. The first-order valence-corrected chi connectivity index (χ1v) is 8.16. The third-order valence-corrected chi connectivity index (χ3v) is 3.93. The van der Waals surface area contributed by atoms with Gasteiger partial charge in [-0.05, 0) is 12.5 Å². The monoisotopic (exact) mass is 383 g/mol. The smallest absolute Gasteiger partial charge is 0.390 e. The molecule has 2 rings (SSSR count). The van der Waals surface area contributed by atoms with Crippen molar-refractivity contribution in [1.29, 1.82) is 0 Å². The second kappa shape index (κ2) is 8.15. The Morgan fingerprint density at radius 3 is 2.44 bits per heavy atom. The van der Waals surface area contributed by atoms with E-state index in [1.165, 1.54) is 17.7 Å². The van der Waals surface area contributed by atoms with Gasteiger partial charge in [-0.1, -0.05) is 30.3 Å². The zero-order chi connectivity index (χ0) is 20.2. The van der Waals surface area contributed by atoms with Gasteiger partial charge in [0.25, 0.3) is 11.8 Å². The molecule has 0 spiro atoms. The van der Waals surface area contributed by atoms with E-state index in [-0.39, 0.29) is 17.1 Å². The van der Waals surface area contributed by atoms with E-state index in [4.69, 9.17) is 10.5 Å². The van der Waals surface area contributed by atoms with Crippen molar-refractivity contribution < 1.29 is 27.5 Å². The van der Waals surface area contributed by atoms with Crippen LogP contribution in [-0.2, 0) is 7.05 Å². The van der Waals surface area contributed by atoms with Gasteiger partial charge < -0.3 is 20.4 Å². The Bertz CT molecular complexity index is 816. The molecule has 9 heteroatoms. The van der Waals surface area contributed by atoms with Crippen molar-refractivity contribution in [2.75, 3.05) is 6.54 Å². The molecular formula is C18H20F3N3O3. The number of nitrogens with zero attached hydrogens (tertiary/aromatic N) is 1. The summed E-state index contributed by atoms with van der Waals surface area (Å²) in [6.45, 7) is 1.19. The van der Waals surface area contributed by atoms with Crippen LogP contribution in [0.1, 0.15) is 46.0 Å². The van der Waals surface area contributed by atoms with Crippen molar-refractivity contribution in [2.24, 2.45) is 12.8 Å². The third-order valence-electron chi connectivity index (χ3n) is 3.93. The molecule has 0 aliphatic heterocycles. The maximum absolute atomic E-state index is 12.2. The van der Waals surface area contributed by atoms with E-state index in [1.54, 1.807) is 6.92 Å². The van der Waals surface area contributed by atoms with Crippen molar-refractivity contribution >= 4 is 11.8 Å². The minimum absolute atomic E-state index is 0.0266. The maximum Gasteiger partial charge on any atom is 0.390 e. The Kier molecular flexibility index (Phi) is 6.14. The minimum atomic E-state index is -4.38. The zero-order valence-corrected chi connectivity index (χ0v) is 14.8. The molecule has 146 valence electrons. The van der Waals surface area contributed by atoms with Crippen LogP contribution in [-0.4, -0.2) is 29.1 Å². The summed E-state index contributed by atoms with van der Waals surface area (Å²) < 4.78 is 43.7. The van der Waals surface area contributed by atoms with E-state index in [9.17, 15) is 22.8 Å². The van der Waals surface area contributed by atoms with Crippen LogP contribution >= 0.6 is 0 Å². The Balaban J connectivity index is 2.22. The van der Waals surface area contributed by atoms with Crippen molar-refractivity contribution in [1.82, 2.24) is 9.88 Å². The molecule has 1 aromatic heterocycles. The van der Waals surface area contributed by atoms with Gasteiger partial charge in [0.1, 0.15) is 17.5 Å². The number of hydrogen-bond donors (Lipinski definition) is 2. The molecule has 1 heterocycles. The number of aromatic nitrogens is 1. The van der Waals surface area contributed by atoms with Gasteiger partial charge in [-0.2, -0.15) is 13.2 Å². The third kappa shape index (κ3) is 5.25. The van der Waals surface area contributed by atoms with Gasteiger partial charge in [-0.3, -0.25) is 9.59 Å². The van der Waals surface area contributed by atoms with Gasteiger partial charge in [0.15, 0.2) is 5.75 Å². The Morgan fingerprint density at radius 1 is 1.26 bits per heavy atom. The molecule has 1 atom stereocenters. The predicted molar refractivity (Wildman–Crippen MR) is 92.4 cm³/mol. The number of carbonyl (C=O) groups excluding carboxylic acids is 2. The first kappa shape index (κ1) is 20.3. The fraction of sp³-hybridized carbons (Fsp3) is 0.333. The lowest BCUT2D eigenvalue weighted by molar-refractivity contribution is -0.133. The van der Waals surface area contributed by atoms with Gasteiger partial charge >= 0.3 is 6.18 Å². The largest absolute Gasteiger partial charge is 0.484 e. The molecule has 0 aliphatic carbocycles. The predicted octanol–water partition coefficient (Wildman–Crippen LogP) is 2.95. The molecule has 2 aromatic rings. The van der Waals surface area contributed by atoms with Gasteiger partial charge in [-0.25, -0.2) is 0 Å². The molecule has 0 aliphatic rings. The maximum atomic E-state index is 12.2. The van der Waals surface area contributed by atoms with Gasteiger partial charge in [0, 0.05) is 19.7 Å². The van der Waals surface area contributed by atoms with Crippen LogP contribution in [0.15, 0.2) is 36.4 Å². The number of ether oxygens (including phenoxy) is 1. The van der Waals surface area contributed by atoms with Crippen molar-refractivity contribution in [3.63, 3.8) is 0 Å². The van der Waals surface area contributed by atoms with E-state index in [0.29, 0.717) is 0 Å². The number of benzene rings is 1. The van der Waals surface area contributed by atoms with Crippen LogP contribution in [0, 0.1) is 0 Å². The highest BCUT2D eigenvalue weighted by molar-refractivity contribution is 5.99. The molecule has 0 saturated carbocycles. The van der Waals surface area contributed by atoms with Crippen molar-refractivity contribution in [2.45, 2.75) is 25.6 Å². The Hall–Kier alpha value is -2.97. The highest BCUT2D eigenvalue weighted by Crippen LogP contribution is 2.28. The summed E-state index contributed by atoms with van der Waals surface area (Å²) in [5, 5.41) is 2.17. The first-order valence-electron chi connectivity index (χ1n) is 8.16. The van der Waals surface area contributed by atoms with Gasteiger partial charge in [-0.15, -0.1) is 0 Å². The molecule has 6 nitrogen and oxygen atoms in total. The molecule has 27 heavy (non-hydrogen) atoms. The van der Waals surface area contributed by atoms with Gasteiger partial charge in [0.05, 0.1) is 6.42 Å². The standard InChI is InChI=1S/C18H20F3N3O3/c1-11(12-6-4-3-5-7-12)27-14-10-13(24(2)15(14)16(22)25)17(26)23-9-8-18(19,20)21/h3-7,10-11H,8-9H2,1-2H3,(H2,22,25)(H,23,26). The van der Waals surface area contributed by atoms with Crippen molar-refractivity contribution in [3.05, 3.63) is 53.3 Å². The summed E-state index contributed by atoms with van der Waals surface area (Å²) in [5.41, 5.74) is 6.15. The number of alkyl halides is 3. The summed E-state index contributed by atoms with van der Waals surface area (Å²) >= 11 is 0. The highest BCUT2D eigenvalue weighted by Gasteiger charge is 2.28. The molecule has 0 fully saturated rings. The fourth-order valence-electron chi connectivity index (χ4n) is 2.56. The quantitative estimate of drug-likeness (QED) is 0.771. The van der Waals surface area contributed by atoms with Crippen LogP contribution in [0.25, 0.3) is 0 Å². The summed E-state index contributed by atoms with van der Waals surface area (Å²) in [6.07, 6.45) is -5.97. The van der Waals surface area contributed by atoms with Crippen LogP contribution < -0.4 is 15.8 Å². The Labute approximate surface area is 154 Å². The molecule has 1 unspecified atom stereocenters. The number of amides is 2. The molecular weight excluding hydrogens is 363 g/mol. The SMILES string of the molecule is CC(Oc1cc(C(=O)NCCC(F)(F)F)n(C)c1C(N)=O)c1ccccc1. The molecule has 0 saturated heterocycles. The van der Waals surface area contributed by atoms with Crippen LogP contribution in [0.5, 0.6) is 5.75 Å². The van der Waals surface area contributed by atoms with Crippen LogP contribution in [0.2, 0.25) is 0 Å². The minimum Gasteiger partial charge on any atom is -0.484 e. The van der Waals surface area contributed by atoms with Crippen LogP contribution in [0.4, 0.5) is 13.2 Å². The lowest BCUT2D eigenvalue weighted by atomic mass is 10.1. The van der Waals surface area contributed by atoms with Crippen molar-refractivity contribution in [3.8, 4) is 5.75 Å². The number of hydrogen-bond acceptors (Lipinski definition) is 3. The normalized spacial score (nSPS) is 12.5. The fourth-order valence-corrected chi connectivity index (χ4v) is 2.56. The first-order chi connectivity index (χ1) is 12.6. The molecule has 0 radical (unpaired) electrons. The highest BCUT2D eigenvalue weighted by atomic mass is 19.4. The van der Waals surface area contributed by atoms with E-state index in [1.807, 2.05) is 30.3 Å². The number of nitrogens with two attached hydrogens (primary N) is 1. The second-order valence-electron chi connectivity index (χ2n) is 5.96. The lowest BCUT2D eigenvalue weighted by Crippen LogP contribution is -2.29. The van der Waals surface area contributed by atoms with Gasteiger partial charge in [0.2, 0.25) is 0 Å². The summed E-state index contributed by atoms with van der Waals surface area (Å²) in [6, 6.07) is 10.5. The van der Waals surface area contributed by atoms with Crippen LogP contribution in [0.3, 0.4) is 0 Å². The second-order valence-corrected chi connectivity index (χ2v) is 5.96. The average Bonchev–Trinajstić information content (AvgIpc) is 2.90. The topological polar surface area (TPSA) is 86.3 Å². The zero-order valence-electron chi connectivity index (χ0n) is 14.8. The van der Waals surface area contributed by atoms with E-state index < -0.39 is 37.1 Å². The van der Waals surface area contributed by atoms with E-state index >= 15 is 0 Å². The van der Waals surface area contributed by atoms with E-state index in [0.717, 1.165) is 5.56 Å². The van der Waals surface area contributed by atoms with E-state index in [2.05, 4.69) is 5.32 Å². The number of primary amides is 1. The number of rotatable bonds is 7. The summed E-state index contributed by atoms with van der Waals surface area (Å²) in [7, 11) is 1.42. The molecule has 2 amide bonds. The number of nitrogens with one attached hydrogen (secondary N) is 1. The average molecular weight is 383 g/mol. The molecule has 3 N–H and O–H groups in total.